The molecule has 1 heterocycles. The van der Waals surface area contributed by atoms with E-state index in [4.69, 9.17) is 15.2 Å². The predicted octanol–water partition coefficient (Wildman–Crippen LogP) is 2.56. The zero-order valence-electron chi connectivity index (χ0n) is 10.5. The van der Waals surface area contributed by atoms with E-state index in [0.717, 1.165) is 16.9 Å². The molecule has 0 bridgehead atoms. The number of hydrogen-bond acceptors (Lipinski definition) is 4. The first kappa shape index (κ1) is 12.2. The van der Waals surface area contributed by atoms with Crippen LogP contribution in [0.4, 0.5) is 5.69 Å². The van der Waals surface area contributed by atoms with Gasteiger partial charge in [0, 0.05) is 6.20 Å². The number of nitrogen functional groups attached to an aromatic ring is 1. The van der Waals surface area contributed by atoms with Crippen LogP contribution in [0.5, 0.6) is 11.6 Å². The molecular weight excluding hydrogens is 228 g/mol. The molecule has 0 fully saturated rings. The minimum absolute atomic E-state index is 0.435. The molecule has 0 radical (unpaired) electrons. The van der Waals surface area contributed by atoms with Gasteiger partial charge >= 0.3 is 0 Å². The summed E-state index contributed by atoms with van der Waals surface area (Å²) < 4.78 is 10.7. The number of rotatable bonds is 4. The highest BCUT2D eigenvalue weighted by atomic mass is 16.5. The van der Waals surface area contributed by atoms with Crippen molar-refractivity contribution in [3.05, 3.63) is 47.7 Å². The Bertz CT molecular complexity index is 524. The molecule has 4 heteroatoms. The van der Waals surface area contributed by atoms with Crippen LogP contribution in [0.1, 0.15) is 11.1 Å². The van der Waals surface area contributed by atoms with E-state index in [0.29, 0.717) is 18.2 Å². The van der Waals surface area contributed by atoms with Gasteiger partial charge in [-0.3, -0.25) is 0 Å². The summed E-state index contributed by atoms with van der Waals surface area (Å²) in [7, 11) is 1.64. The fraction of sp³-hybridized carbons (Fsp3) is 0.214. The van der Waals surface area contributed by atoms with Crippen LogP contribution in [0.3, 0.4) is 0 Å². The molecule has 0 aliphatic carbocycles. The van der Waals surface area contributed by atoms with Crippen LogP contribution >= 0.6 is 0 Å². The van der Waals surface area contributed by atoms with Crippen LogP contribution in [-0.4, -0.2) is 12.1 Å². The number of hydrogen-bond donors (Lipinski definition) is 1. The lowest BCUT2D eigenvalue weighted by molar-refractivity contribution is 0.295. The van der Waals surface area contributed by atoms with E-state index in [-0.39, 0.29) is 0 Å². The molecule has 0 aliphatic heterocycles. The Kier molecular flexibility index (Phi) is 3.67. The van der Waals surface area contributed by atoms with Crippen LogP contribution in [0.25, 0.3) is 0 Å². The maximum absolute atomic E-state index is 5.82. The number of benzene rings is 1. The smallest absolute Gasteiger partial charge is 0.237 e. The summed E-state index contributed by atoms with van der Waals surface area (Å²) in [6, 6.07) is 9.53. The predicted molar refractivity (Wildman–Crippen MR) is 70.7 cm³/mol. The van der Waals surface area contributed by atoms with Gasteiger partial charge in [-0.15, -0.1) is 0 Å². The maximum atomic E-state index is 5.82. The molecule has 0 saturated carbocycles. The van der Waals surface area contributed by atoms with Gasteiger partial charge in [0.25, 0.3) is 0 Å². The Morgan fingerprint density at radius 2 is 1.94 bits per heavy atom. The molecule has 0 unspecified atom stereocenters. The number of methoxy groups -OCH3 is 1. The van der Waals surface area contributed by atoms with E-state index in [9.17, 15) is 0 Å². The van der Waals surface area contributed by atoms with Gasteiger partial charge in [-0.25, -0.2) is 4.98 Å². The summed E-state index contributed by atoms with van der Waals surface area (Å²) in [5.41, 5.74) is 8.44. The van der Waals surface area contributed by atoms with Crippen molar-refractivity contribution in [1.82, 2.24) is 4.98 Å². The minimum atomic E-state index is 0.435. The Balaban J connectivity index is 2.02. The average Bonchev–Trinajstić information content (AvgIpc) is 2.38. The molecule has 2 rings (SSSR count). The highest BCUT2D eigenvalue weighted by Crippen LogP contribution is 2.20. The molecule has 1 aromatic carbocycles. The molecule has 4 nitrogen and oxygen atoms in total. The van der Waals surface area contributed by atoms with Gasteiger partial charge in [0.1, 0.15) is 12.4 Å². The zero-order chi connectivity index (χ0) is 13.0. The first-order chi connectivity index (χ1) is 8.69. The number of nitrogens with zero attached hydrogens (tertiary/aromatic N) is 1. The second-order valence-corrected chi connectivity index (χ2v) is 4.04. The van der Waals surface area contributed by atoms with Crippen LogP contribution in [0.2, 0.25) is 0 Å². The van der Waals surface area contributed by atoms with Gasteiger partial charge in [0.05, 0.1) is 12.8 Å². The number of anilines is 1. The van der Waals surface area contributed by atoms with Gasteiger partial charge in [-0.1, -0.05) is 12.1 Å². The van der Waals surface area contributed by atoms with E-state index >= 15 is 0 Å². The average molecular weight is 244 g/mol. The fourth-order valence-electron chi connectivity index (χ4n) is 1.57. The first-order valence-electron chi connectivity index (χ1n) is 5.67. The zero-order valence-corrected chi connectivity index (χ0v) is 10.5. The van der Waals surface area contributed by atoms with Crippen molar-refractivity contribution in [2.24, 2.45) is 0 Å². The standard InChI is InChI=1S/C14H16N2O2/c1-10-7-13(15)14(16-8-10)18-9-11-3-5-12(17-2)6-4-11/h3-8H,9,15H2,1-2H3. The molecular formula is C14H16N2O2. The van der Waals surface area contributed by atoms with Gasteiger partial charge in [0.2, 0.25) is 5.88 Å². The number of ether oxygens (including phenoxy) is 2. The summed E-state index contributed by atoms with van der Waals surface area (Å²) in [5, 5.41) is 0. The van der Waals surface area contributed by atoms with Crippen molar-refractivity contribution < 1.29 is 9.47 Å². The summed E-state index contributed by atoms with van der Waals surface area (Å²) in [5.74, 6) is 1.29. The highest BCUT2D eigenvalue weighted by molar-refractivity contribution is 5.49. The van der Waals surface area contributed by atoms with E-state index in [2.05, 4.69) is 4.98 Å². The summed E-state index contributed by atoms with van der Waals surface area (Å²) in [4.78, 5) is 4.15. The quantitative estimate of drug-likeness (QED) is 0.898. The third-order valence-electron chi connectivity index (χ3n) is 2.55. The Morgan fingerprint density at radius 3 is 2.56 bits per heavy atom. The second-order valence-electron chi connectivity index (χ2n) is 4.04. The van der Waals surface area contributed by atoms with Gasteiger partial charge < -0.3 is 15.2 Å². The summed E-state index contributed by atoms with van der Waals surface area (Å²) in [6.45, 7) is 2.38. The maximum Gasteiger partial charge on any atom is 0.237 e. The molecule has 2 aromatic rings. The van der Waals surface area contributed by atoms with Crippen LogP contribution in [-0.2, 0) is 6.61 Å². The van der Waals surface area contributed by atoms with Crippen LogP contribution in [0.15, 0.2) is 36.5 Å². The fourth-order valence-corrected chi connectivity index (χ4v) is 1.57. The normalized spacial score (nSPS) is 10.1. The first-order valence-corrected chi connectivity index (χ1v) is 5.67. The van der Waals surface area contributed by atoms with Crippen molar-refractivity contribution in [1.29, 1.82) is 0 Å². The monoisotopic (exact) mass is 244 g/mol. The molecule has 94 valence electrons. The Labute approximate surface area is 106 Å². The third-order valence-corrected chi connectivity index (χ3v) is 2.55. The Morgan fingerprint density at radius 1 is 1.22 bits per heavy atom. The number of pyridine rings is 1. The summed E-state index contributed by atoms with van der Waals surface area (Å²) >= 11 is 0. The van der Waals surface area contributed by atoms with Crippen molar-refractivity contribution in [3.8, 4) is 11.6 Å². The van der Waals surface area contributed by atoms with Gasteiger partial charge in [-0.05, 0) is 36.2 Å². The number of aryl methyl sites for hydroxylation is 1. The lowest BCUT2D eigenvalue weighted by Crippen LogP contribution is -2.01. The SMILES string of the molecule is COc1ccc(COc2ncc(C)cc2N)cc1. The molecule has 2 N–H and O–H groups in total. The minimum Gasteiger partial charge on any atom is -0.497 e. The molecule has 0 amide bonds. The topological polar surface area (TPSA) is 57.4 Å². The van der Waals surface area contributed by atoms with E-state index in [1.807, 2.05) is 37.3 Å². The van der Waals surface area contributed by atoms with E-state index < -0.39 is 0 Å². The van der Waals surface area contributed by atoms with Crippen molar-refractivity contribution in [3.63, 3.8) is 0 Å². The lowest BCUT2D eigenvalue weighted by atomic mass is 10.2. The van der Waals surface area contributed by atoms with Crippen molar-refractivity contribution >= 4 is 5.69 Å². The van der Waals surface area contributed by atoms with Crippen LogP contribution < -0.4 is 15.2 Å². The lowest BCUT2D eigenvalue weighted by Gasteiger charge is -2.08. The molecule has 0 atom stereocenters. The Hall–Kier alpha value is -2.23. The largest absolute Gasteiger partial charge is 0.497 e. The van der Waals surface area contributed by atoms with E-state index in [1.54, 1.807) is 13.3 Å². The molecule has 0 saturated heterocycles. The van der Waals surface area contributed by atoms with Gasteiger partial charge in [0.15, 0.2) is 0 Å². The number of aromatic nitrogens is 1. The van der Waals surface area contributed by atoms with E-state index in [1.165, 1.54) is 0 Å². The molecule has 0 aliphatic rings. The second kappa shape index (κ2) is 5.40. The molecule has 1 aromatic heterocycles. The molecule has 0 spiro atoms. The molecule has 18 heavy (non-hydrogen) atoms. The number of nitrogens with two attached hydrogens (primary N) is 1. The van der Waals surface area contributed by atoms with Crippen molar-refractivity contribution in [2.75, 3.05) is 12.8 Å². The van der Waals surface area contributed by atoms with Crippen molar-refractivity contribution in [2.45, 2.75) is 13.5 Å². The van der Waals surface area contributed by atoms with Gasteiger partial charge in [-0.2, -0.15) is 0 Å². The summed E-state index contributed by atoms with van der Waals surface area (Å²) in [6.07, 6.45) is 1.74. The third kappa shape index (κ3) is 2.91. The highest BCUT2D eigenvalue weighted by Gasteiger charge is 2.03. The van der Waals surface area contributed by atoms with Crippen LogP contribution in [0, 0.1) is 6.92 Å².